The Morgan fingerprint density at radius 3 is 2.26 bits per heavy atom. The van der Waals surface area contributed by atoms with Gasteiger partial charge in [0.05, 0.1) is 29.3 Å². The lowest BCUT2D eigenvalue weighted by atomic mass is 10.0. The van der Waals surface area contributed by atoms with Crippen molar-refractivity contribution >= 4 is 29.3 Å². The van der Waals surface area contributed by atoms with Crippen molar-refractivity contribution in [1.82, 2.24) is 0 Å². The van der Waals surface area contributed by atoms with Gasteiger partial charge in [-0.1, -0.05) is 0 Å². The van der Waals surface area contributed by atoms with Crippen LogP contribution in [0.5, 0.6) is 5.75 Å². The summed E-state index contributed by atoms with van der Waals surface area (Å²) in [5.74, 6) is -0.315. The van der Waals surface area contributed by atoms with E-state index >= 15 is 0 Å². The summed E-state index contributed by atoms with van der Waals surface area (Å²) in [6.07, 6.45) is 1.54. The van der Waals surface area contributed by atoms with Crippen molar-refractivity contribution in [2.24, 2.45) is 0 Å². The van der Waals surface area contributed by atoms with Crippen molar-refractivity contribution < 1.29 is 24.0 Å². The van der Waals surface area contributed by atoms with Crippen LogP contribution in [0.25, 0.3) is 6.08 Å². The third kappa shape index (κ3) is 4.48. The van der Waals surface area contributed by atoms with E-state index in [1.807, 2.05) is 6.92 Å². The SMILES string of the molecule is CCOC(=O)C1=C(C)N(c2ccc(OCC)cc2)C(=O)C1=Cc1ccc([N+](=O)[O-])cc1. The molecule has 31 heavy (non-hydrogen) atoms. The molecule has 0 radical (unpaired) electrons. The van der Waals surface area contributed by atoms with Crippen molar-refractivity contribution in [3.63, 3.8) is 0 Å². The van der Waals surface area contributed by atoms with Crippen molar-refractivity contribution in [2.45, 2.75) is 20.8 Å². The van der Waals surface area contributed by atoms with Crippen LogP contribution in [0.3, 0.4) is 0 Å². The highest BCUT2D eigenvalue weighted by molar-refractivity contribution is 6.23. The van der Waals surface area contributed by atoms with Gasteiger partial charge in [0, 0.05) is 23.5 Å². The highest BCUT2D eigenvalue weighted by Crippen LogP contribution is 2.36. The van der Waals surface area contributed by atoms with E-state index in [4.69, 9.17) is 9.47 Å². The highest BCUT2D eigenvalue weighted by Gasteiger charge is 2.38. The Morgan fingerprint density at radius 1 is 1.06 bits per heavy atom. The first-order valence-corrected chi connectivity index (χ1v) is 9.79. The molecule has 1 amide bonds. The second kappa shape index (κ2) is 9.25. The maximum atomic E-state index is 13.3. The fourth-order valence-electron chi connectivity index (χ4n) is 3.31. The molecular formula is C23H22N2O6. The zero-order valence-corrected chi connectivity index (χ0v) is 17.5. The molecule has 0 atom stereocenters. The number of anilines is 1. The minimum Gasteiger partial charge on any atom is -0.494 e. The van der Waals surface area contributed by atoms with Gasteiger partial charge in [-0.2, -0.15) is 0 Å². The van der Waals surface area contributed by atoms with Gasteiger partial charge in [-0.3, -0.25) is 19.8 Å². The second-order valence-electron chi connectivity index (χ2n) is 6.66. The number of hydrogen-bond donors (Lipinski definition) is 0. The van der Waals surface area contributed by atoms with Gasteiger partial charge in [-0.25, -0.2) is 4.79 Å². The molecule has 1 heterocycles. The smallest absolute Gasteiger partial charge is 0.340 e. The van der Waals surface area contributed by atoms with E-state index in [1.54, 1.807) is 38.1 Å². The molecule has 0 aliphatic carbocycles. The first kappa shape index (κ1) is 21.8. The van der Waals surface area contributed by atoms with Crippen LogP contribution < -0.4 is 9.64 Å². The first-order valence-electron chi connectivity index (χ1n) is 9.79. The summed E-state index contributed by atoms with van der Waals surface area (Å²) in [5.41, 5.74) is 1.85. The third-order valence-electron chi connectivity index (χ3n) is 4.70. The minimum atomic E-state index is -0.602. The van der Waals surface area contributed by atoms with E-state index in [9.17, 15) is 19.7 Å². The van der Waals surface area contributed by atoms with Crippen LogP contribution in [0.2, 0.25) is 0 Å². The van der Waals surface area contributed by atoms with Crippen molar-refractivity contribution in [2.75, 3.05) is 18.1 Å². The van der Waals surface area contributed by atoms with Crippen LogP contribution in [0, 0.1) is 10.1 Å². The minimum absolute atomic E-state index is 0.0618. The monoisotopic (exact) mass is 422 g/mol. The lowest BCUT2D eigenvalue weighted by Gasteiger charge is -2.18. The maximum Gasteiger partial charge on any atom is 0.340 e. The van der Waals surface area contributed by atoms with Crippen LogP contribution in [0.4, 0.5) is 11.4 Å². The summed E-state index contributed by atoms with van der Waals surface area (Å²) in [7, 11) is 0. The number of amides is 1. The number of nitrogens with zero attached hydrogens (tertiary/aromatic N) is 2. The molecule has 2 aromatic rings. The normalized spacial score (nSPS) is 14.9. The molecule has 0 saturated carbocycles. The second-order valence-corrected chi connectivity index (χ2v) is 6.66. The molecule has 2 aromatic carbocycles. The van der Waals surface area contributed by atoms with Crippen LogP contribution in [0.1, 0.15) is 26.3 Å². The molecule has 0 fully saturated rings. The van der Waals surface area contributed by atoms with Gasteiger partial charge < -0.3 is 9.47 Å². The molecule has 8 heteroatoms. The number of allylic oxidation sites excluding steroid dienone is 1. The van der Waals surface area contributed by atoms with Gasteiger partial charge in [0.2, 0.25) is 0 Å². The van der Waals surface area contributed by atoms with Gasteiger partial charge in [0.25, 0.3) is 11.6 Å². The number of rotatable bonds is 7. The average Bonchev–Trinajstić information content (AvgIpc) is 2.99. The van der Waals surface area contributed by atoms with Crippen molar-refractivity contribution in [3.8, 4) is 5.75 Å². The lowest BCUT2D eigenvalue weighted by molar-refractivity contribution is -0.384. The summed E-state index contributed by atoms with van der Waals surface area (Å²) in [6.45, 7) is 5.94. The number of ether oxygens (including phenoxy) is 2. The fourth-order valence-corrected chi connectivity index (χ4v) is 3.31. The van der Waals surface area contributed by atoms with Crippen molar-refractivity contribution in [1.29, 1.82) is 0 Å². The number of carbonyl (C=O) groups is 2. The summed E-state index contributed by atoms with van der Waals surface area (Å²) < 4.78 is 10.6. The summed E-state index contributed by atoms with van der Waals surface area (Å²) in [4.78, 5) is 37.8. The Labute approximate surface area is 179 Å². The molecular weight excluding hydrogens is 400 g/mol. The van der Waals surface area contributed by atoms with Crippen molar-refractivity contribution in [3.05, 3.63) is 81.1 Å². The Kier molecular flexibility index (Phi) is 6.49. The molecule has 8 nitrogen and oxygen atoms in total. The topological polar surface area (TPSA) is 99.0 Å². The van der Waals surface area contributed by atoms with Gasteiger partial charge >= 0.3 is 5.97 Å². The molecule has 0 bridgehead atoms. The summed E-state index contributed by atoms with van der Waals surface area (Å²) in [5, 5.41) is 10.9. The molecule has 0 N–H and O–H groups in total. The van der Waals surface area contributed by atoms with E-state index in [1.165, 1.54) is 35.2 Å². The number of hydrogen-bond acceptors (Lipinski definition) is 6. The van der Waals surface area contributed by atoms with Gasteiger partial charge in [0.1, 0.15) is 5.75 Å². The first-order chi connectivity index (χ1) is 14.9. The van der Waals surface area contributed by atoms with Gasteiger partial charge in [-0.05, 0) is 68.8 Å². The highest BCUT2D eigenvalue weighted by atomic mass is 16.6. The van der Waals surface area contributed by atoms with Crippen LogP contribution in [-0.4, -0.2) is 30.0 Å². The fraction of sp³-hybridized carbons (Fsp3) is 0.217. The van der Waals surface area contributed by atoms with E-state index in [-0.39, 0.29) is 29.3 Å². The van der Waals surface area contributed by atoms with E-state index in [2.05, 4.69) is 0 Å². The van der Waals surface area contributed by atoms with Gasteiger partial charge in [0.15, 0.2) is 0 Å². The van der Waals surface area contributed by atoms with E-state index in [0.29, 0.717) is 29.3 Å². The molecule has 0 saturated heterocycles. The number of benzene rings is 2. The predicted molar refractivity (Wildman–Crippen MR) is 116 cm³/mol. The lowest BCUT2D eigenvalue weighted by Crippen LogP contribution is -2.24. The predicted octanol–water partition coefficient (Wildman–Crippen LogP) is 4.26. The molecule has 0 spiro atoms. The van der Waals surface area contributed by atoms with E-state index < -0.39 is 10.9 Å². The Morgan fingerprint density at radius 2 is 1.71 bits per heavy atom. The third-order valence-corrected chi connectivity index (χ3v) is 4.70. The van der Waals surface area contributed by atoms with Crippen LogP contribution in [0.15, 0.2) is 65.4 Å². The number of carbonyl (C=O) groups excluding carboxylic acids is 2. The van der Waals surface area contributed by atoms with Gasteiger partial charge in [-0.15, -0.1) is 0 Å². The average molecular weight is 422 g/mol. The number of nitro benzene ring substituents is 1. The maximum absolute atomic E-state index is 13.3. The Hall–Kier alpha value is -3.94. The number of nitro groups is 1. The number of non-ortho nitro benzene ring substituents is 1. The van der Waals surface area contributed by atoms with E-state index in [0.717, 1.165) is 0 Å². The standard InChI is InChI=1S/C23H22N2O6/c1-4-30-19-12-10-17(11-13-19)24-15(3)21(23(27)31-5-2)20(22(24)26)14-16-6-8-18(9-7-16)25(28)29/h6-14H,4-5H2,1-3H3. The Bertz CT molecular complexity index is 1070. The quantitative estimate of drug-likeness (QED) is 0.286. The molecule has 1 aliphatic heterocycles. The molecule has 0 unspecified atom stereocenters. The van der Waals surface area contributed by atoms with Crippen LogP contribution >= 0.6 is 0 Å². The van der Waals surface area contributed by atoms with Crippen LogP contribution in [-0.2, 0) is 14.3 Å². The molecule has 1 aliphatic rings. The molecule has 160 valence electrons. The Balaban J connectivity index is 2.04. The molecule has 0 aromatic heterocycles. The zero-order chi connectivity index (χ0) is 22.5. The zero-order valence-electron chi connectivity index (χ0n) is 17.5. The summed E-state index contributed by atoms with van der Waals surface area (Å²) in [6, 6.07) is 12.7. The number of esters is 1. The molecule has 3 rings (SSSR count). The largest absolute Gasteiger partial charge is 0.494 e. The summed E-state index contributed by atoms with van der Waals surface area (Å²) >= 11 is 0.